The van der Waals surface area contributed by atoms with Crippen molar-refractivity contribution in [2.24, 2.45) is 0 Å². The summed E-state index contributed by atoms with van der Waals surface area (Å²) in [6.07, 6.45) is 0.924. The van der Waals surface area contributed by atoms with Crippen LogP contribution in [0.1, 0.15) is 5.56 Å². The maximum atomic E-state index is 5.87. The molecule has 0 fully saturated rings. The predicted octanol–water partition coefficient (Wildman–Crippen LogP) is 1.25. The first-order valence-electron chi connectivity index (χ1n) is 4.21. The van der Waals surface area contributed by atoms with Crippen LogP contribution in [0.15, 0.2) is 18.2 Å². The maximum absolute atomic E-state index is 5.87. The number of rotatable bonds is 4. The number of nitrogens with two attached hydrogens (primary N) is 1. The number of hydrogen-bond acceptors (Lipinski definition) is 1. The van der Waals surface area contributed by atoms with Crippen LogP contribution in [0.25, 0.3) is 0 Å². The summed E-state index contributed by atoms with van der Waals surface area (Å²) < 4.78 is 5.20. The summed E-state index contributed by atoms with van der Waals surface area (Å²) in [5.74, 6) is 0.895. The summed E-state index contributed by atoms with van der Waals surface area (Å²) in [7, 11) is 5.35. The smallest absolute Gasteiger partial charge is 0.122 e. The van der Waals surface area contributed by atoms with Crippen molar-refractivity contribution in [3.8, 4) is 5.75 Å². The summed E-state index contributed by atoms with van der Waals surface area (Å²) in [6, 6.07) is 5.66. The number of ether oxygens (including phenoxy) is 1. The van der Waals surface area contributed by atoms with Gasteiger partial charge in [0.25, 0.3) is 0 Å². The fourth-order valence-corrected chi connectivity index (χ4v) is 1.39. The van der Waals surface area contributed by atoms with Gasteiger partial charge < -0.3 is 10.1 Å². The maximum Gasteiger partial charge on any atom is 0.122 e. The Bertz CT molecular complexity index is 276. The number of hydrogen-bond donors (Lipinski definition) is 1. The Morgan fingerprint density at radius 1 is 1.54 bits per heavy atom. The second-order valence-electron chi connectivity index (χ2n) is 2.78. The zero-order chi connectivity index (χ0) is 9.68. The van der Waals surface area contributed by atoms with E-state index in [2.05, 4.69) is 7.05 Å². The molecule has 0 unspecified atom stereocenters. The molecule has 0 aromatic heterocycles. The van der Waals surface area contributed by atoms with Gasteiger partial charge in [0.15, 0.2) is 0 Å². The lowest BCUT2D eigenvalue weighted by Gasteiger charge is -2.08. The van der Waals surface area contributed by atoms with E-state index in [0.717, 1.165) is 29.3 Å². The first-order valence-corrected chi connectivity index (χ1v) is 4.59. The van der Waals surface area contributed by atoms with Gasteiger partial charge >= 0.3 is 0 Å². The van der Waals surface area contributed by atoms with Gasteiger partial charge in [0.05, 0.1) is 13.7 Å². The van der Waals surface area contributed by atoms with E-state index in [0.29, 0.717) is 0 Å². The van der Waals surface area contributed by atoms with E-state index in [4.69, 9.17) is 16.3 Å². The number of quaternary nitrogens is 1. The van der Waals surface area contributed by atoms with E-state index in [9.17, 15) is 0 Å². The Balaban J connectivity index is 2.81. The first-order chi connectivity index (χ1) is 6.27. The highest BCUT2D eigenvalue weighted by atomic mass is 35.5. The van der Waals surface area contributed by atoms with Crippen molar-refractivity contribution in [3.63, 3.8) is 0 Å². The highest BCUT2D eigenvalue weighted by Gasteiger charge is 2.02. The lowest BCUT2D eigenvalue weighted by molar-refractivity contribution is -0.594. The van der Waals surface area contributed by atoms with Crippen molar-refractivity contribution in [2.75, 3.05) is 13.7 Å². The van der Waals surface area contributed by atoms with Crippen molar-refractivity contribution in [1.29, 1.82) is 0 Å². The van der Waals surface area contributed by atoms with Crippen molar-refractivity contribution in [2.45, 2.75) is 6.42 Å². The molecule has 0 atom stereocenters. The number of benzene rings is 1. The van der Waals surface area contributed by atoms with E-state index in [1.54, 1.807) is 7.11 Å². The zero-order valence-electron chi connectivity index (χ0n) is 7.72. The lowest BCUT2D eigenvalue weighted by atomic mass is 10.1. The van der Waals surface area contributed by atoms with Gasteiger partial charge in [-0.25, -0.2) is 0 Å². The molecule has 1 rings (SSSR count). The van der Waals surface area contributed by atoms with Gasteiger partial charge in [0.1, 0.15) is 5.75 Å². The third-order valence-corrected chi connectivity index (χ3v) is 2.10. The quantitative estimate of drug-likeness (QED) is 0.726. The van der Waals surface area contributed by atoms with E-state index in [-0.39, 0.29) is 0 Å². The zero-order valence-corrected chi connectivity index (χ0v) is 8.47. The highest BCUT2D eigenvalue weighted by Crippen LogP contribution is 2.22. The van der Waals surface area contributed by atoms with Crippen LogP contribution in [0.4, 0.5) is 0 Å². The SMILES string of the molecule is [CH2-][NH2+]CCc1cc(Cl)ccc1OC. The van der Waals surface area contributed by atoms with E-state index >= 15 is 0 Å². The predicted molar refractivity (Wildman–Crippen MR) is 53.9 cm³/mol. The summed E-state index contributed by atoms with van der Waals surface area (Å²) >= 11 is 5.87. The van der Waals surface area contributed by atoms with E-state index in [1.807, 2.05) is 23.5 Å². The van der Waals surface area contributed by atoms with Gasteiger partial charge in [-0.05, 0) is 18.2 Å². The van der Waals surface area contributed by atoms with Crippen LogP contribution in [0.3, 0.4) is 0 Å². The largest absolute Gasteiger partial charge is 0.496 e. The third kappa shape index (κ3) is 2.90. The molecule has 3 heteroatoms. The average Bonchev–Trinajstić information content (AvgIpc) is 2.15. The molecule has 0 radical (unpaired) electrons. The van der Waals surface area contributed by atoms with Crippen molar-refractivity contribution >= 4 is 11.6 Å². The monoisotopic (exact) mass is 199 g/mol. The van der Waals surface area contributed by atoms with Crippen LogP contribution in [0.5, 0.6) is 5.75 Å². The molecule has 0 aliphatic rings. The third-order valence-electron chi connectivity index (χ3n) is 1.86. The Kier molecular flexibility index (Phi) is 4.06. The van der Waals surface area contributed by atoms with E-state index in [1.165, 1.54) is 0 Å². The summed E-state index contributed by atoms with van der Waals surface area (Å²) in [6.45, 7) is 0.941. The topological polar surface area (TPSA) is 25.8 Å². The molecule has 0 saturated carbocycles. The molecule has 1 aromatic carbocycles. The summed E-state index contributed by atoms with van der Waals surface area (Å²) in [4.78, 5) is 0. The first kappa shape index (κ1) is 10.4. The van der Waals surface area contributed by atoms with Crippen molar-refractivity contribution < 1.29 is 10.1 Å². The second-order valence-corrected chi connectivity index (χ2v) is 3.22. The van der Waals surface area contributed by atoms with Crippen LogP contribution in [0.2, 0.25) is 5.02 Å². The van der Waals surface area contributed by atoms with Gasteiger partial charge in [-0.3, -0.25) is 0 Å². The van der Waals surface area contributed by atoms with Gasteiger partial charge in [0, 0.05) is 17.0 Å². The molecular weight excluding hydrogens is 186 g/mol. The molecule has 0 aliphatic carbocycles. The highest BCUT2D eigenvalue weighted by molar-refractivity contribution is 6.30. The van der Waals surface area contributed by atoms with Crippen LogP contribution in [0, 0.1) is 7.05 Å². The van der Waals surface area contributed by atoms with Crippen molar-refractivity contribution in [1.82, 2.24) is 0 Å². The normalized spacial score (nSPS) is 10.1. The molecule has 0 bridgehead atoms. The minimum Gasteiger partial charge on any atom is -0.496 e. The number of methoxy groups -OCH3 is 1. The summed E-state index contributed by atoms with van der Waals surface area (Å²) in [5, 5.41) is 2.64. The number of halogens is 1. The Morgan fingerprint density at radius 2 is 2.31 bits per heavy atom. The van der Waals surface area contributed by atoms with Gasteiger partial charge in [-0.1, -0.05) is 11.6 Å². The molecule has 0 saturated heterocycles. The Labute approximate surface area is 83.9 Å². The molecule has 1 aromatic rings. The summed E-state index contributed by atoms with van der Waals surface area (Å²) in [5.41, 5.74) is 1.13. The fourth-order valence-electron chi connectivity index (χ4n) is 1.20. The van der Waals surface area contributed by atoms with Crippen LogP contribution in [-0.4, -0.2) is 13.7 Å². The second kappa shape index (κ2) is 5.10. The molecule has 2 N–H and O–H groups in total. The van der Waals surface area contributed by atoms with Gasteiger partial charge in [-0.2, -0.15) is 7.05 Å². The molecule has 72 valence electrons. The minimum absolute atomic E-state index is 0.750. The Hall–Kier alpha value is -0.730. The lowest BCUT2D eigenvalue weighted by Crippen LogP contribution is -2.77. The van der Waals surface area contributed by atoms with Crippen LogP contribution in [-0.2, 0) is 6.42 Å². The fraction of sp³-hybridized carbons (Fsp3) is 0.300. The van der Waals surface area contributed by atoms with E-state index < -0.39 is 0 Å². The van der Waals surface area contributed by atoms with Gasteiger partial charge in [-0.15, -0.1) is 0 Å². The molecule has 0 amide bonds. The van der Waals surface area contributed by atoms with Crippen LogP contribution >= 0.6 is 11.6 Å². The van der Waals surface area contributed by atoms with Crippen molar-refractivity contribution in [3.05, 3.63) is 35.8 Å². The van der Waals surface area contributed by atoms with Crippen LogP contribution < -0.4 is 10.1 Å². The standard InChI is InChI=1S/C10H14ClNO/c1-12-6-5-8-7-9(11)3-4-10(8)13-2/h3-4,7H,1,5-6,12H2,2H3. The molecule has 13 heavy (non-hydrogen) atoms. The molecule has 0 spiro atoms. The van der Waals surface area contributed by atoms with Gasteiger partial charge in [0.2, 0.25) is 0 Å². The molecule has 0 aliphatic heterocycles. The molecular formula is C10H14ClNO. The molecule has 2 nitrogen and oxygen atoms in total. The molecule has 0 heterocycles. The minimum atomic E-state index is 0.750. The Morgan fingerprint density at radius 3 is 2.92 bits per heavy atom. The average molecular weight is 200 g/mol.